The smallest absolute Gasteiger partial charge is 0.0246 e. The van der Waals surface area contributed by atoms with E-state index in [1.807, 2.05) is 0 Å². The van der Waals surface area contributed by atoms with Crippen LogP contribution in [0.5, 0.6) is 0 Å². The molecule has 0 aliphatic heterocycles. The maximum absolute atomic E-state index is 2.59. The Morgan fingerprint density at radius 3 is 2.22 bits per heavy atom. The zero-order valence-electron chi connectivity index (χ0n) is 14.0. The second-order valence-electron chi connectivity index (χ2n) is 7.98. The molecule has 4 atom stereocenters. The molecule has 0 bridgehead atoms. The van der Waals surface area contributed by atoms with E-state index < -0.39 is 0 Å². The normalized spacial score (nSPS) is 38.2. The van der Waals surface area contributed by atoms with E-state index in [1.165, 1.54) is 38.5 Å². The van der Waals surface area contributed by atoms with Crippen LogP contribution in [0.4, 0.5) is 0 Å². The summed E-state index contributed by atoms with van der Waals surface area (Å²) < 4.78 is 0. The van der Waals surface area contributed by atoms with Crippen molar-refractivity contribution in [3.05, 3.63) is 0 Å². The van der Waals surface area contributed by atoms with Crippen LogP contribution in [0.3, 0.4) is 0 Å². The summed E-state index contributed by atoms with van der Waals surface area (Å²) in [6.07, 6.45) is 8.44. The monoisotopic (exact) mass is 252 g/mol. The van der Waals surface area contributed by atoms with Crippen LogP contribution in [0.15, 0.2) is 0 Å². The minimum absolute atomic E-state index is 0.493. The van der Waals surface area contributed by atoms with Gasteiger partial charge in [-0.3, -0.25) is 0 Å². The predicted octanol–water partition coefficient (Wildman–Crippen LogP) is 6.30. The van der Waals surface area contributed by atoms with Crippen LogP contribution in [-0.4, -0.2) is 0 Å². The second-order valence-corrected chi connectivity index (χ2v) is 7.98. The fraction of sp³-hybridized carbons (Fsp3) is 1.00. The first-order valence-electron chi connectivity index (χ1n) is 8.26. The van der Waals surface area contributed by atoms with E-state index in [9.17, 15) is 0 Å². The third-order valence-electron chi connectivity index (χ3n) is 6.49. The lowest BCUT2D eigenvalue weighted by atomic mass is 9.56. The number of rotatable bonds is 4. The molecule has 0 nitrogen and oxygen atoms in total. The van der Waals surface area contributed by atoms with Gasteiger partial charge >= 0.3 is 0 Å². The van der Waals surface area contributed by atoms with Gasteiger partial charge in [-0.2, -0.15) is 0 Å². The first kappa shape index (κ1) is 16.1. The SMILES string of the molecule is CCC(C)CC1(C)C(C)CCC(CC)CC1(C)C. The maximum atomic E-state index is 2.59. The summed E-state index contributed by atoms with van der Waals surface area (Å²) in [5, 5.41) is 0. The molecule has 108 valence electrons. The lowest BCUT2D eigenvalue weighted by molar-refractivity contribution is 0.00162. The molecule has 0 N–H and O–H groups in total. The molecule has 1 fully saturated rings. The molecule has 0 aromatic heterocycles. The fourth-order valence-electron chi connectivity index (χ4n) is 4.22. The van der Waals surface area contributed by atoms with Crippen molar-refractivity contribution in [2.24, 2.45) is 28.6 Å². The van der Waals surface area contributed by atoms with Crippen molar-refractivity contribution < 1.29 is 0 Å². The highest BCUT2D eigenvalue weighted by atomic mass is 14.5. The van der Waals surface area contributed by atoms with Crippen molar-refractivity contribution in [2.75, 3.05) is 0 Å². The Bertz CT molecular complexity index is 253. The number of hydrogen-bond acceptors (Lipinski definition) is 0. The average Bonchev–Trinajstić information content (AvgIpc) is 2.39. The zero-order chi connectivity index (χ0) is 14.0. The Kier molecular flexibility index (Phi) is 5.32. The molecule has 0 heteroatoms. The molecule has 1 rings (SSSR count). The van der Waals surface area contributed by atoms with Gasteiger partial charge in [-0.15, -0.1) is 0 Å². The van der Waals surface area contributed by atoms with Crippen LogP contribution >= 0.6 is 0 Å². The van der Waals surface area contributed by atoms with E-state index in [1.54, 1.807) is 0 Å². The van der Waals surface area contributed by atoms with E-state index >= 15 is 0 Å². The molecule has 1 aliphatic rings. The first-order valence-corrected chi connectivity index (χ1v) is 8.26. The highest BCUT2D eigenvalue weighted by molar-refractivity contribution is 4.97. The first-order chi connectivity index (χ1) is 8.26. The van der Waals surface area contributed by atoms with E-state index in [-0.39, 0.29) is 0 Å². The lowest BCUT2D eigenvalue weighted by Gasteiger charge is -2.49. The minimum Gasteiger partial charge on any atom is -0.0651 e. The summed E-state index contributed by atoms with van der Waals surface area (Å²) in [5.74, 6) is 2.70. The molecule has 0 aromatic carbocycles. The van der Waals surface area contributed by atoms with Crippen LogP contribution in [0, 0.1) is 28.6 Å². The Labute approximate surface area is 116 Å². The number of hydrogen-bond donors (Lipinski definition) is 0. The molecular weight excluding hydrogens is 216 g/mol. The molecule has 0 radical (unpaired) electrons. The molecule has 1 aliphatic carbocycles. The fourth-order valence-corrected chi connectivity index (χ4v) is 4.22. The van der Waals surface area contributed by atoms with Crippen molar-refractivity contribution >= 4 is 0 Å². The van der Waals surface area contributed by atoms with Gasteiger partial charge in [0.25, 0.3) is 0 Å². The van der Waals surface area contributed by atoms with Gasteiger partial charge in [0.15, 0.2) is 0 Å². The van der Waals surface area contributed by atoms with Gasteiger partial charge in [0.05, 0.1) is 0 Å². The molecule has 0 aromatic rings. The van der Waals surface area contributed by atoms with Crippen LogP contribution in [0.2, 0.25) is 0 Å². The van der Waals surface area contributed by atoms with E-state index in [4.69, 9.17) is 0 Å². The standard InChI is InChI=1S/C18H36/c1-8-14(3)12-18(7)15(4)10-11-16(9-2)13-17(18,5)6/h14-16H,8-13H2,1-7H3. The largest absolute Gasteiger partial charge is 0.0651 e. The van der Waals surface area contributed by atoms with Crippen LogP contribution in [0.1, 0.15) is 87.0 Å². The van der Waals surface area contributed by atoms with E-state index in [2.05, 4.69) is 48.5 Å². The van der Waals surface area contributed by atoms with Crippen molar-refractivity contribution in [3.8, 4) is 0 Å². The topological polar surface area (TPSA) is 0 Å². The molecule has 1 saturated carbocycles. The van der Waals surface area contributed by atoms with E-state index in [0.717, 1.165) is 17.8 Å². The Morgan fingerprint density at radius 1 is 1.11 bits per heavy atom. The van der Waals surface area contributed by atoms with Crippen molar-refractivity contribution in [1.29, 1.82) is 0 Å². The second kappa shape index (κ2) is 5.97. The highest BCUT2D eigenvalue weighted by Gasteiger charge is 2.47. The molecule has 0 amide bonds. The Balaban J connectivity index is 2.96. The van der Waals surface area contributed by atoms with Crippen LogP contribution < -0.4 is 0 Å². The van der Waals surface area contributed by atoms with Crippen molar-refractivity contribution in [2.45, 2.75) is 87.0 Å². The van der Waals surface area contributed by atoms with Gasteiger partial charge < -0.3 is 0 Å². The Morgan fingerprint density at radius 2 is 1.72 bits per heavy atom. The lowest BCUT2D eigenvalue weighted by Crippen LogP contribution is -2.41. The maximum Gasteiger partial charge on any atom is -0.0246 e. The van der Waals surface area contributed by atoms with Gasteiger partial charge in [0, 0.05) is 0 Å². The summed E-state index contributed by atoms with van der Waals surface area (Å²) in [5.41, 5.74) is 1.01. The minimum atomic E-state index is 0.493. The van der Waals surface area contributed by atoms with Gasteiger partial charge in [0.1, 0.15) is 0 Å². The Hall–Kier alpha value is 0. The van der Waals surface area contributed by atoms with Gasteiger partial charge in [0.2, 0.25) is 0 Å². The van der Waals surface area contributed by atoms with Gasteiger partial charge in [-0.05, 0) is 47.8 Å². The third-order valence-corrected chi connectivity index (χ3v) is 6.49. The van der Waals surface area contributed by atoms with Crippen molar-refractivity contribution in [3.63, 3.8) is 0 Å². The average molecular weight is 252 g/mol. The van der Waals surface area contributed by atoms with Crippen molar-refractivity contribution in [1.82, 2.24) is 0 Å². The summed E-state index contributed by atoms with van der Waals surface area (Å²) in [4.78, 5) is 0. The molecule has 0 heterocycles. The summed E-state index contributed by atoms with van der Waals surface area (Å²) >= 11 is 0. The highest BCUT2D eigenvalue weighted by Crippen LogP contribution is 2.56. The van der Waals surface area contributed by atoms with Crippen LogP contribution in [-0.2, 0) is 0 Å². The third kappa shape index (κ3) is 3.11. The predicted molar refractivity (Wildman–Crippen MR) is 82.8 cm³/mol. The molecule has 0 saturated heterocycles. The van der Waals surface area contributed by atoms with E-state index in [0.29, 0.717) is 10.8 Å². The zero-order valence-corrected chi connectivity index (χ0v) is 14.0. The van der Waals surface area contributed by atoms with Gasteiger partial charge in [-0.1, -0.05) is 67.7 Å². The molecule has 18 heavy (non-hydrogen) atoms. The summed E-state index contributed by atoms with van der Waals surface area (Å²) in [6, 6.07) is 0. The van der Waals surface area contributed by atoms with Gasteiger partial charge in [-0.25, -0.2) is 0 Å². The summed E-state index contributed by atoms with van der Waals surface area (Å²) in [7, 11) is 0. The molecule has 4 unspecified atom stereocenters. The molecular formula is C18H36. The molecule has 0 spiro atoms. The van der Waals surface area contributed by atoms with Crippen LogP contribution in [0.25, 0.3) is 0 Å². The summed E-state index contributed by atoms with van der Waals surface area (Å²) in [6.45, 7) is 17.3. The quantitative estimate of drug-likeness (QED) is 0.515.